The Labute approximate surface area is 168 Å². The van der Waals surface area contributed by atoms with Crippen molar-refractivity contribution in [2.45, 2.75) is 6.42 Å². The van der Waals surface area contributed by atoms with Gasteiger partial charge in [-0.2, -0.15) is 10.4 Å². The van der Waals surface area contributed by atoms with Crippen molar-refractivity contribution in [3.05, 3.63) is 77.0 Å². The first-order valence-electron chi connectivity index (χ1n) is 8.67. The quantitative estimate of drug-likeness (QED) is 0.432. The molecule has 0 spiro atoms. The number of nitrogens with zero attached hydrogens (tertiary/aromatic N) is 3. The van der Waals surface area contributed by atoms with Crippen molar-refractivity contribution in [1.82, 2.24) is 9.78 Å². The normalized spacial score (nSPS) is 11.2. The lowest BCUT2D eigenvalue weighted by Gasteiger charge is -2.01. The van der Waals surface area contributed by atoms with Gasteiger partial charge in [-0.25, -0.2) is 4.68 Å². The van der Waals surface area contributed by atoms with Crippen molar-refractivity contribution in [2.24, 2.45) is 0 Å². The molecule has 2 aromatic carbocycles. The minimum absolute atomic E-state index is 0.0693. The minimum atomic E-state index is -0.265. The largest absolute Gasteiger partial charge is 0.384 e. The topological polar surface area (TPSA) is 67.9 Å². The van der Waals surface area contributed by atoms with Crippen molar-refractivity contribution in [1.29, 1.82) is 5.26 Å². The van der Waals surface area contributed by atoms with Gasteiger partial charge in [0.15, 0.2) is 5.78 Å². The van der Waals surface area contributed by atoms with Crippen molar-refractivity contribution in [2.75, 3.05) is 13.7 Å². The number of halogens is 1. The van der Waals surface area contributed by atoms with Crippen LogP contribution in [0.5, 0.6) is 0 Å². The molecular weight excluding hydrogens is 374 g/mol. The van der Waals surface area contributed by atoms with E-state index in [9.17, 15) is 10.1 Å². The Morgan fingerprint density at radius 1 is 1.21 bits per heavy atom. The van der Waals surface area contributed by atoms with Crippen LogP contribution < -0.4 is 0 Å². The molecule has 1 aromatic heterocycles. The molecule has 5 nitrogen and oxygen atoms in total. The summed E-state index contributed by atoms with van der Waals surface area (Å²) in [6.07, 6.45) is 3.54. The standard InChI is InChI=1S/C22H18ClN3O2/c1-28-12-11-21(27)17(14-24)13-18-15-26(20-5-3-2-4-6-20)25-22(18)16-7-9-19(23)10-8-16/h2-10,13,15H,11-12H2,1H3/b17-13+. The van der Waals surface area contributed by atoms with Gasteiger partial charge in [-0.3, -0.25) is 4.79 Å². The molecule has 0 fully saturated rings. The monoisotopic (exact) mass is 391 g/mol. The Hall–Kier alpha value is -3.20. The van der Waals surface area contributed by atoms with Crippen molar-refractivity contribution in [3.8, 4) is 23.0 Å². The van der Waals surface area contributed by atoms with Crippen LogP contribution in [0.4, 0.5) is 0 Å². The molecule has 0 radical (unpaired) electrons. The number of benzene rings is 2. The lowest BCUT2D eigenvalue weighted by Crippen LogP contribution is -2.04. The van der Waals surface area contributed by atoms with Gasteiger partial charge in [-0.05, 0) is 30.3 Å². The number of Topliss-reactive ketones (excluding diaryl/α,β-unsaturated/α-hetero) is 1. The molecule has 1 heterocycles. The fourth-order valence-corrected chi connectivity index (χ4v) is 2.82. The van der Waals surface area contributed by atoms with Crippen LogP contribution in [0, 0.1) is 11.3 Å². The molecule has 3 aromatic rings. The number of carbonyl (C=O) groups is 1. The van der Waals surface area contributed by atoms with Crippen molar-refractivity contribution >= 4 is 23.5 Å². The number of nitriles is 1. The summed E-state index contributed by atoms with van der Waals surface area (Å²) in [5.74, 6) is -0.265. The third-order valence-corrected chi connectivity index (χ3v) is 4.39. The zero-order valence-electron chi connectivity index (χ0n) is 15.3. The van der Waals surface area contributed by atoms with E-state index >= 15 is 0 Å². The first-order valence-corrected chi connectivity index (χ1v) is 9.05. The van der Waals surface area contributed by atoms with Crippen LogP contribution in [-0.2, 0) is 9.53 Å². The zero-order chi connectivity index (χ0) is 19.9. The van der Waals surface area contributed by atoms with E-state index in [1.165, 1.54) is 7.11 Å². The molecule has 0 saturated heterocycles. The summed E-state index contributed by atoms with van der Waals surface area (Å²) < 4.78 is 6.66. The summed E-state index contributed by atoms with van der Waals surface area (Å²) >= 11 is 6.00. The van der Waals surface area contributed by atoms with E-state index in [1.807, 2.05) is 48.5 Å². The SMILES string of the molecule is COCCC(=O)/C(C#N)=C/c1cn(-c2ccccc2)nc1-c1ccc(Cl)cc1. The highest BCUT2D eigenvalue weighted by molar-refractivity contribution is 6.30. The Morgan fingerprint density at radius 2 is 1.93 bits per heavy atom. The maximum absolute atomic E-state index is 12.3. The third kappa shape index (κ3) is 4.55. The van der Waals surface area contributed by atoms with Crippen LogP contribution >= 0.6 is 11.6 Å². The summed E-state index contributed by atoms with van der Waals surface area (Å²) in [5, 5.41) is 14.7. The highest BCUT2D eigenvalue weighted by atomic mass is 35.5. The highest BCUT2D eigenvalue weighted by Gasteiger charge is 2.15. The number of methoxy groups -OCH3 is 1. The maximum atomic E-state index is 12.3. The Balaban J connectivity index is 2.09. The Morgan fingerprint density at radius 3 is 2.57 bits per heavy atom. The molecule has 3 rings (SSSR count). The fraction of sp³-hybridized carbons (Fsp3) is 0.136. The molecule has 0 aliphatic rings. The number of ketones is 1. The number of allylic oxidation sites excluding steroid dienone is 1. The van der Waals surface area contributed by atoms with Crippen LogP contribution in [0.2, 0.25) is 5.02 Å². The molecule has 28 heavy (non-hydrogen) atoms. The number of ether oxygens (including phenoxy) is 1. The molecule has 0 bridgehead atoms. The fourth-order valence-electron chi connectivity index (χ4n) is 2.70. The molecule has 140 valence electrons. The van der Waals surface area contributed by atoms with E-state index in [4.69, 9.17) is 16.3 Å². The molecule has 0 aliphatic heterocycles. The molecule has 0 atom stereocenters. The number of aromatic nitrogens is 2. The predicted molar refractivity (Wildman–Crippen MR) is 109 cm³/mol. The van der Waals surface area contributed by atoms with Gasteiger partial charge in [0.25, 0.3) is 0 Å². The van der Waals surface area contributed by atoms with Crippen LogP contribution in [-0.4, -0.2) is 29.3 Å². The highest BCUT2D eigenvalue weighted by Crippen LogP contribution is 2.27. The lowest BCUT2D eigenvalue weighted by atomic mass is 10.0. The second-order valence-corrected chi connectivity index (χ2v) is 6.49. The summed E-state index contributed by atoms with van der Waals surface area (Å²) in [7, 11) is 1.52. The average Bonchev–Trinajstić information content (AvgIpc) is 3.15. The molecule has 0 unspecified atom stereocenters. The van der Waals surface area contributed by atoms with Gasteiger partial charge in [0, 0.05) is 35.9 Å². The van der Waals surface area contributed by atoms with Gasteiger partial charge in [0.1, 0.15) is 6.07 Å². The average molecular weight is 392 g/mol. The Kier molecular flexibility index (Phi) is 6.38. The second-order valence-electron chi connectivity index (χ2n) is 6.06. The van der Waals surface area contributed by atoms with Gasteiger partial charge in [-0.1, -0.05) is 41.9 Å². The smallest absolute Gasteiger partial charge is 0.175 e. The number of carbonyl (C=O) groups excluding carboxylic acids is 1. The first kappa shape index (κ1) is 19.6. The maximum Gasteiger partial charge on any atom is 0.175 e. The van der Waals surface area contributed by atoms with E-state index in [0.29, 0.717) is 16.3 Å². The summed E-state index contributed by atoms with van der Waals surface area (Å²) in [4.78, 5) is 12.3. The van der Waals surface area contributed by atoms with Crippen molar-refractivity contribution in [3.63, 3.8) is 0 Å². The molecule has 0 saturated carbocycles. The third-order valence-electron chi connectivity index (χ3n) is 4.13. The second kappa shape index (κ2) is 9.14. The van der Waals surface area contributed by atoms with E-state index in [2.05, 4.69) is 5.10 Å². The zero-order valence-corrected chi connectivity index (χ0v) is 16.1. The minimum Gasteiger partial charge on any atom is -0.384 e. The van der Waals surface area contributed by atoms with E-state index in [-0.39, 0.29) is 24.4 Å². The summed E-state index contributed by atoms with van der Waals surface area (Å²) in [6, 6.07) is 18.9. The van der Waals surface area contributed by atoms with Gasteiger partial charge in [0.05, 0.1) is 23.6 Å². The van der Waals surface area contributed by atoms with Crippen LogP contribution in [0.1, 0.15) is 12.0 Å². The van der Waals surface area contributed by atoms with Gasteiger partial charge in [-0.15, -0.1) is 0 Å². The number of hydrogen-bond acceptors (Lipinski definition) is 4. The molecule has 0 aliphatic carbocycles. The number of hydrogen-bond donors (Lipinski definition) is 0. The number of rotatable bonds is 7. The van der Waals surface area contributed by atoms with Gasteiger partial charge >= 0.3 is 0 Å². The van der Waals surface area contributed by atoms with Crippen LogP contribution in [0.25, 0.3) is 23.0 Å². The molecule has 6 heteroatoms. The molecular formula is C22H18ClN3O2. The van der Waals surface area contributed by atoms with E-state index in [0.717, 1.165) is 11.3 Å². The predicted octanol–water partition coefficient (Wildman–Crippen LogP) is 4.71. The number of para-hydroxylation sites is 1. The van der Waals surface area contributed by atoms with Gasteiger partial charge in [0.2, 0.25) is 0 Å². The summed E-state index contributed by atoms with van der Waals surface area (Å²) in [6.45, 7) is 0.269. The van der Waals surface area contributed by atoms with E-state index < -0.39 is 0 Å². The van der Waals surface area contributed by atoms with Crippen LogP contribution in [0.15, 0.2) is 66.4 Å². The van der Waals surface area contributed by atoms with E-state index in [1.54, 1.807) is 29.1 Å². The first-order chi connectivity index (χ1) is 13.6. The van der Waals surface area contributed by atoms with Crippen LogP contribution in [0.3, 0.4) is 0 Å². The lowest BCUT2D eigenvalue weighted by molar-refractivity contribution is -0.115. The summed E-state index contributed by atoms with van der Waals surface area (Å²) in [5.41, 5.74) is 3.12. The molecule has 0 amide bonds. The Bertz CT molecular complexity index is 1030. The van der Waals surface area contributed by atoms with Crippen molar-refractivity contribution < 1.29 is 9.53 Å². The van der Waals surface area contributed by atoms with Gasteiger partial charge < -0.3 is 4.74 Å². The molecule has 0 N–H and O–H groups in total.